The highest BCUT2D eigenvalue weighted by Gasteiger charge is 2.30. The molecule has 2 atom stereocenters. The van der Waals surface area contributed by atoms with Crippen molar-refractivity contribution in [2.24, 2.45) is 0 Å². The minimum absolute atomic E-state index is 0.0651. The predicted octanol–water partition coefficient (Wildman–Crippen LogP) is 4.87. The van der Waals surface area contributed by atoms with E-state index in [1.807, 2.05) is 32.0 Å². The predicted molar refractivity (Wildman–Crippen MR) is 114 cm³/mol. The summed E-state index contributed by atoms with van der Waals surface area (Å²) in [5.41, 5.74) is 2.38. The summed E-state index contributed by atoms with van der Waals surface area (Å²) < 4.78 is 17.5. The van der Waals surface area contributed by atoms with Crippen LogP contribution >= 0.6 is 0 Å². The van der Waals surface area contributed by atoms with E-state index in [-0.39, 0.29) is 18.1 Å². The molecule has 2 saturated carbocycles. The van der Waals surface area contributed by atoms with E-state index in [4.69, 9.17) is 14.0 Å². The molecule has 6 heteroatoms. The fraction of sp³-hybridized carbons (Fsp3) is 0.583. The highest BCUT2D eigenvalue weighted by Crippen LogP contribution is 2.28. The van der Waals surface area contributed by atoms with E-state index in [9.17, 15) is 4.79 Å². The summed E-state index contributed by atoms with van der Waals surface area (Å²) >= 11 is 0. The Morgan fingerprint density at radius 2 is 1.90 bits per heavy atom. The Balaban J connectivity index is 1.37. The summed E-state index contributed by atoms with van der Waals surface area (Å²) in [4.78, 5) is 12.9. The molecule has 6 nitrogen and oxygen atoms in total. The first-order chi connectivity index (χ1) is 14.6. The number of aryl methyl sites for hydroxylation is 2. The number of ether oxygens (including phenoxy) is 2. The number of benzene rings is 1. The van der Waals surface area contributed by atoms with Gasteiger partial charge in [-0.15, -0.1) is 0 Å². The summed E-state index contributed by atoms with van der Waals surface area (Å²) in [5, 5.41) is 7.18. The highest BCUT2D eigenvalue weighted by molar-refractivity contribution is 5.94. The lowest BCUT2D eigenvalue weighted by atomic mass is 9.92. The molecule has 2 aliphatic carbocycles. The second kappa shape index (κ2) is 9.65. The zero-order chi connectivity index (χ0) is 20.9. The van der Waals surface area contributed by atoms with Crippen LogP contribution < -0.4 is 10.1 Å². The zero-order valence-corrected chi connectivity index (χ0v) is 18.0. The summed E-state index contributed by atoms with van der Waals surface area (Å²) in [6, 6.07) is 7.42. The smallest absolute Gasteiger partial charge is 0.251 e. The number of hydrogen-bond donors (Lipinski definition) is 1. The van der Waals surface area contributed by atoms with Crippen molar-refractivity contribution in [3.63, 3.8) is 0 Å². The van der Waals surface area contributed by atoms with Crippen LogP contribution in [0.25, 0.3) is 0 Å². The van der Waals surface area contributed by atoms with Gasteiger partial charge in [-0.25, -0.2) is 0 Å². The number of amides is 1. The van der Waals surface area contributed by atoms with E-state index in [2.05, 4.69) is 10.5 Å². The number of hydrogen-bond acceptors (Lipinski definition) is 5. The van der Waals surface area contributed by atoms with Gasteiger partial charge in [0.05, 0.1) is 29.5 Å². The summed E-state index contributed by atoms with van der Waals surface area (Å²) in [5.74, 6) is 1.35. The largest absolute Gasteiger partial charge is 0.489 e. The Morgan fingerprint density at radius 3 is 2.67 bits per heavy atom. The van der Waals surface area contributed by atoms with E-state index < -0.39 is 0 Å². The first-order valence-corrected chi connectivity index (χ1v) is 11.2. The SMILES string of the molecule is Cc1noc(C)c1COc1cccc(C(=O)N[C@H]2CCCC[C@H]2OC2CCCC2)c1. The second-order valence-corrected chi connectivity index (χ2v) is 8.56. The van der Waals surface area contributed by atoms with Gasteiger partial charge >= 0.3 is 0 Å². The highest BCUT2D eigenvalue weighted by atomic mass is 16.5. The van der Waals surface area contributed by atoms with E-state index in [1.165, 1.54) is 19.3 Å². The summed E-state index contributed by atoms with van der Waals surface area (Å²) in [7, 11) is 0. The third-order valence-corrected chi connectivity index (χ3v) is 6.35. The maximum absolute atomic E-state index is 12.9. The minimum Gasteiger partial charge on any atom is -0.489 e. The molecule has 1 amide bonds. The minimum atomic E-state index is -0.0651. The van der Waals surface area contributed by atoms with Crippen LogP contribution in [0.15, 0.2) is 28.8 Å². The van der Waals surface area contributed by atoms with Crippen molar-refractivity contribution in [2.75, 3.05) is 0 Å². The normalized spacial score (nSPS) is 22.2. The van der Waals surface area contributed by atoms with Gasteiger partial charge in [0, 0.05) is 5.56 Å². The van der Waals surface area contributed by atoms with Crippen molar-refractivity contribution in [1.29, 1.82) is 0 Å². The van der Waals surface area contributed by atoms with Gasteiger partial charge in [0.15, 0.2) is 0 Å². The van der Waals surface area contributed by atoms with Crippen molar-refractivity contribution in [1.82, 2.24) is 10.5 Å². The van der Waals surface area contributed by atoms with Crippen LogP contribution in [0.5, 0.6) is 5.75 Å². The molecule has 0 saturated heterocycles. The van der Waals surface area contributed by atoms with Crippen molar-refractivity contribution >= 4 is 5.91 Å². The molecular weight excluding hydrogens is 380 g/mol. The van der Waals surface area contributed by atoms with Gasteiger partial charge in [-0.1, -0.05) is 36.9 Å². The lowest BCUT2D eigenvalue weighted by molar-refractivity contribution is -0.0419. The summed E-state index contributed by atoms with van der Waals surface area (Å²) in [6.07, 6.45) is 9.64. The zero-order valence-electron chi connectivity index (χ0n) is 18.0. The van der Waals surface area contributed by atoms with Crippen molar-refractivity contribution in [3.8, 4) is 5.75 Å². The Kier molecular flexibility index (Phi) is 6.72. The second-order valence-electron chi connectivity index (χ2n) is 8.56. The molecular formula is C24H32N2O4. The number of aromatic nitrogens is 1. The number of carbonyl (C=O) groups excluding carboxylic acids is 1. The Labute approximate surface area is 178 Å². The van der Waals surface area contributed by atoms with Gasteiger partial charge in [0.2, 0.25) is 0 Å². The van der Waals surface area contributed by atoms with Gasteiger partial charge < -0.3 is 19.3 Å². The van der Waals surface area contributed by atoms with Crippen LogP contribution in [0, 0.1) is 13.8 Å². The van der Waals surface area contributed by atoms with Crippen molar-refractivity contribution in [2.45, 2.75) is 90.1 Å². The molecule has 2 aromatic rings. The number of nitrogens with one attached hydrogen (secondary N) is 1. The van der Waals surface area contributed by atoms with E-state index in [1.54, 1.807) is 6.07 Å². The van der Waals surface area contributed by atoms with Crippen LogP contribution in [-0.2, 0) is 11.3 Å². The van der Waals surface area contributed by atoms with Crippen LogP contribution in [0.3, 0.4) is 0 Å². The topological polar surface area (TPSA) is 73.6 Å². The quantitative estimate of drug-likeness (QED) is 0.702. The van der Waals surface area contributed by atoms with Gasteiger partial charge in [-0.3, -0.25) is 4.79 Å². The molecule has 4 rings (SSSR count). The molecule has 2 aliphatic rings. The number of rotatable bonds is 7. The van der Waals surface area contributed by atoms with Crippen LogP contribution in [0.4, 0.5) is 0 Å². The molecule has 0 unspecified atom stereocenters. The molecule has 1 N–H and O–H groups in total. The molecule has 0 spiro atoms. The first-order valence-electron chi connectivity index (χ1n) is 11.2. The third kappa shape index (κ3) is 5.04. The fourth-order valence-corrected chi connectivity index (χ4v) is 4.54. The molecule has 0 aliphatic heterocycles. The average molecular weight is 413 g/mol. The van der Waals surface area contributed by atoms with E-state index >= 15 is 0 Å². The molecule has 0 radical (unpaired) electrons. The number of carbonyl (C=O) groups is 1. The average Bonchev–Trinajstić information content (AvgIpc) is 3.38. The number of nitrogens with zero attached hydrogens (tertiary/aromatic N) is 1. The van der Waals surface area contributed by atoms with Crippen LogP contribution in [0.2, 0.25) is 0 Å². The molecule has 2 fully saturated rings. The molecule has 30 heavy (non-hydrogen) atoms. The van der Waals surface area contributed by atoms with Gasteiger partial charge in [0.1, 0.15) is 18.1 Å². The Morgan fingerprint density at radius 1 is 1.13 bits per heavy atom. The van der Waals surface area contributed by atoms with Gasteiger partial charge in [-0.05, 0) is 57.7 Å². The maximum Gasteiger partial charge on any atom is 0.251 e. The monoisotopic (exact) mass is 412 g/mol. The fourth-order valence-electron chi connectivity index (χ4n) is 4.54. The molecule has 0 bridgehead atoms. The third-order valence-electron chi connectivity index (χ3n) is 6.35. The Bertz CT molecular complexity index is 837. The van der Waals surface area contributed by atoms with E-state index in [0.29, 0.717) is 24.0 Å². The van der Waals surface area contributed by atoms with Gasteiger partial charge in [-0.2, -0.15) is 0 Å². The van der Waals surface area contributed by atoms with Crippen LogP contribution in [0.1, 0.15) is 78.7 Å². The van der Waals surface area contributed by atoms with Crippen LogP contribution in [-0.4, -0.2) is 29.3 Å². The van der Waals surface area contributed by atoms with Crippen molar-refractivity contribution < 1.29 is 18.8 Å². The maximum atomic E-state index is 12.9. The van der Waals surface area contributed by atoms with E-state index in [0.717, 1.165) is 49.1 Å². The Hall–Kier alpha value is -2.34. The van der Waals surface area contributed by atoms with Gasteiger partial charge in [0.25, 0.3) is 5.91 Å². The standard InChI is InChI=1S/C24H32N2O4/c1-16-21(17(2)30-26-16)15-28-20-11-7-8-18(14-20)24(27)25-22-12-5-6-13-23(22)29-19-9-3-4-10-19/h7-8,11,14,19,22-23H,3-6,9-10,12-13,15H2,1-2H3,(H,25,27)/t22-,23+/m0/s1. The molecule has 1 aromatic heterocycles. The molecule has 1 heterocycles. The lowest BCUT2D eigenvalue weighted by Gasteiger charge is -2.34. The first kappa shape index (κ1) is 20.9. The van der Waals surface area contributed by atoms with Crippen molar-refractivity contribution in [3.05, 3.63) is 46.8 Å². The molecule has 1 aromatic carbocycles. The summed E-state index contributed by atoms with van der Waals surface area (Å²) in [6.45, 7) is 4.14. The lowest BCUT2D eigenvalue weighted by Crippen LogP contribution is -2.47. The molecule has 162 valence electrons.